The molecule has 21 heavy (non-hydrogen) atoms. The molecular formula is C18H15N2O. The third kappa shape index (κ3) is 2.31. The van der Waals surface area contributed by atoms with E-state index in [4.69, 9.17) is 9.73 Å². The molecule has 1 aliphatic rings. The van der Waals surface area contributed by atoms with E-state index in [1.807, 2.05) is 30.3 Å². The van der Waals surface area contributed by atoms with Crippen molar-refractivity contribution in [1.29, 1.82) is 0 Å². The van der Waals surface area contributed by atoms with Crippen molar-refractivity contribution in [3.8, 4) is 0 Å². The zero-order valence-electron chi connectivity index (χ0n) is 11.5. The summed E-state index contributed by atoms with van der Waals surface area (Å²) in [6.07, 6.45) is 2.97. The Balaban J connectivity index is 1.57. The largest absolute Gasteiger partial charge is 0.475 e. The van der Waals surface area contributed by atoms with E-state index in [0.717, 1.165) is 17.9 Å². The molecule has 103 valence electrons. The van der Waals surface area contributed by atoms with Gasteiger partial charge in [0, 0.05) is 29.1 Å². The zero-order chi connectivity index (χ0) is 14.1. The summed E-state index contributed by atoms with van der Waals surface area (Å²) in [5, 5.41) is 1.27. The summed E-state index contributed by atoms with van der Waals surface area (Å²) >= 11 is 0. The number of nitrogens with one attached hydrogen (secondary N) is 1. The molecule has 4 rings (SSSR count). The quantitative estimate of drug-likeness (QED) is 0.782. The maximum absolute atomic E-state index is 5.73. The Labute approximate surface area is 123 Å². The van der Waals surface area contributed by atoms with E-state index in [0.29, 0.717) is 6.61 Å². The number of hydrogen-bond acceptors (Lipinski definition) is 2. The molecule has 0 fully saturated rings. The summed E-state index contributed by atoms with van der Waals surface area (Å²) < 4.78 is 5.73. The van der Waals surface area contributed by atoms with Gasteiger partial charge in [-0.15, -0.1) is 0 Å². The topological polar surface area (TPSA) is 37.4 Å². The molecule has 3 aromatic rings. The molecule has 1 aromatic heterocycles. The average Bonchev–Trinajstić information content (AvgIpc) is 3.17. The second-order valence-electron chi connectivity index (χ2n) is 5.25. The number of rotatable bonds is 3. The van der Waals surface area contributed by atoms with E-state index < -0.39 is 0 Å². The summed E-state index contributed by atoms with van der Waals surface area (Å²) in [5.41, 5.74) is 3.47. The monoisotopic (exact) mass is 275 g/mol. The van der Waals surface area contributed by atoms with Crippen molar-refractivity contribution in [2.75, 3.05) is 6.61 Å². The molecule has 3 heteroatoms. The second kappa shape index (κ2) is 5.09. The smallest absolute Gasteiger partial charge is 0.216 e. The lowest BCUT2D eigenvalue weighted by molar-refractivity contribution is 0.317. The van der Waals surface area contributed by atoms with Crippen LogP contribution in [-0.4, -0.2) is 23.5 Å². The highest BCUT2D eigenvalue weighted by molar-refractivity contribution is 5.95. The predicted octanol–water partition coefficient (Wildman–Crippen LogP) is 3.36. The fourth-order valence-electron chi connectivity index (χ4n) is 2.76. The molecule has 0 saturated heterocycles. The highest BCUT2D eigenvalue weighted by Crippen LogP contribution is 2.22. The van der Waals surface area contributed by atoms with Crippen LogP contribution in [0.5, 0.6) is 0 Å². The number of fused-ring (bicyclic) bond motifs is 1. The Kier molecular flexibility index (Phi) is 2.96. The van der Waals surface area contributed by atoms with Gasteiger partial charge in [0.15, 0.2) is 0 Å². The van der Waals surface area contributed by atoms with E-state index in [1.165, 1.54) is 16.5 Å². The second-order valence-corrected chi connectivity index (χ2v) is 5.25. The molecule has 1 radical (unpaired) electrons. The number of benzene rings is 2. The highest BCUT2D eigenvalue weighted by atomic mass is 16.5. The molecule has 1 unspecified atom stereocenters. The van der Waals surface area contributed by atoms with Crippen LogP contribution in [0.3, 0.4) is 0 Å². The molecule has 0 spiro atoms. The summed E-state index contributed by atoms with van der Waals surface area (Å²) in [6.45, 7) is 0.643. The number of ether oxygens (including phenoxy) is 1. The average molecular weight is 275 g/mol. The lowest BCUT2D eigenvalue weighted by atomic mass is 10.1. The SMILES string of the molecule is [c]1cccc(C2=NC(Cc3c[nH]c4ccccc34)CO2)c1. The number of nitrogens with zero attached hydrogens (tertiary/aromatic N) is 1. The van der Waals surface area contributed by atoms with Gasteiger partial charge >= 0.3 is 0 Å². The van der Waals surface area contributed by atoms with Crippen molar-refractivity contribution in [2.45, 2.75) is 12.5 Å². The van der Waals surface area contributed by atoms with Gasteiger partial charge in [-0.1, -0.05) is 30.3 Å². The van der Waals surface area contributed by atoms with Gasteiger partial charge in [-0.2, -0.15) is 0 Å². The Morgan fingerprint density at radius 3 is 3.10 bits per heavy atom. The molecule has 2 aromatic carbocycles. The lowest BCUT2D eigenvalue weighted by Crippen LogP contribution is -2.09. The van der Waals surface area contributed by atoms with Crippen molar-refractivity contribution in [3.63, 3.8) is 0 Å². The summed E-state index contributed by atoms with van der Waals surface area (Å²) in [4.78, 5) is 8.01. The normalized spacial score (nSPS) is 17.7. The van der Waals surface area contributed by atoms with Crippen LogP contribution in [0.25, 0.3) is 10.9 Å². The van der Waals surface area contributed by atoms with Crippen molar-refractivity contribution < 1.29 is 4.74 Å². The number of aliphatic imine (C=N–C) groups is 1. The van der Waals surface area contributed by atoms with E-state index in [-0.39, 0.29) is 6.04 Å². The van der Waals surface area contributed by atoms with Crippen LogP contribution in [0.4, 0.5) is 0 Å². The van der Waals surface area contributed by atoms with Gasteiger partial charge in [-0.25, -0.2) is 4.99 Å². The van der Waals surface area contributed by atoms with Gasteiger partial charge in [-0.3, -0.25) is 0 Å². The van der Waals surface area contributed by atoms with Gasteiger partial charge in [-0.05, 0) is 29.8 Å². The van der Waals surface area contributed by atoms with E-state index in [1.54, 1.807) is 0 Å². The van der Waals surface area contributed by atoms with Gasteiger partial charge < -0.3 is 9.72 Å². The molecule has 1 atom stereocenters. The van der Waals surface area contributed by atoms with Gasteiger partial charge in [0.05, 0.1) is 6.04 Å². The van der Waals surface area contributed by atoms with Crippen LogP contribution >= 0.6 is 0 Å². The van der Waals surface area contributed by atoms with E-state index in [2.05, 4.69) is 35.4 Å². The first-order valence-electron chi connectivity index (χ1n) is 7.12. The van der Waals surface area contributed by atoms with E-state index >= 15 is 0 Å². The highest BCUT2D eigenvalue weighted by Gasteiger charge is 2.21. The van der Waals surface area contributed by atoms with Crippen LogP contribution in [0.1, 0.15) is 11.1 Å². The Bertz CT molecular complexity index is 789. The first kappa shape index (κ1) is 12.2. The minimum atomic E-state index is 0.180. The molecule has 0 aliphatic carbocycles. The van der Waals surface area contributed by atoms with Crippen molar-refractivity contribution >= 4 is 16.8 Å². The van der Waals surface area contributed by atoms with Crippen LogP contribution < -0.4 is 0 Å². The van der Waals surface area contributed by atoms with Gasteiger partial charge in [0.1, 0.15) is 6.61 Å². The number of aromatic nitrogens is 1. The predicted molar refractivity (Wildman–Crippen MR) is 83.6 cm³/mol. The summed E-state index contributed by atoms with van der Waals surface area (Å²) in [6, 6.07) is 19.3. The molecule has 0 bridgehead atoms. The standard InChI is InChI=1S/C18H15N2O/c1-2-6-13(7-3-1)18-20-15(12-21-18)10-14-11-19-17-9-5-4-8-16(14)17/h1-2,4-9,11,15,19H,10,12H2. The molecule has 3 nitrogen and oxygen atoms in total. The fraction of sp³-hybridized carbons (Fsp3) is 0.167. The maximum Gasteiger partial charge on any atom is 0.216 e. The summed E-state index contributed by atoms with van der Waals surface area (Å²) in [7, 11) is 0. The molecule has 0 saturated carbocycles. The van der Waals surface area contributed by atoms with Crippen molar-refractivity contribution in [3.05, 3.63) is 71.9 Å². The maximum atomic E-state index is 5.73. The Hall–Kier alpha value is -2.55. The van der Waals surface area contributed by atoms with Crippen molar-refractivity contribution in [1.82, 2.24) is 4.98 Å². The van der Waals surface area contributed by atoms with Crippen molar-refractivity contribution in [2.24, 2.45) is 4.99 Å². The van der Waals surface area contributed by atoms with Gasteiger partial charge in [0.2, 0.25) is 5.90 Å². The molecule has 1 aliphatic heterocycles. The van der Waals surface area contributed by atoms with E-state index in [9.17, 15) is 0 Å². The Morgan fingerprint density at radius 1 is 1.24 bits per heavy atom. The number of para-hydroxylation sites is 1. The Morgan fingerprint density at radius 2 is 2.19 bits per heavy atom. The minimum absolute atomic E-state index is 0.180. The van der Waals surface area contributed by atoms with Crippen LogP contribution in [-0.2, 0) is 11.2 Å². The lowest BCUT2D eigenvalue weighted by Gasteiger charge is -2.03. The molecule has 1 N–H and O–H groups in total. The van der Waals surface area contributed by atoms with Gasteiger partial charge in [0.25, 0.3) is 0 Å². The van der Waals surface area contributed by atoms with Crippen LogP contribution in [0.15, 0.2) is 59.7 Å². The molecule has 2 heterocycles. The number of aromatic amines is 1. The first-order chi connectivity index (χ1) is 10.4. The molecular weight excluding hydrogens is 260 g/mol. The number of H-pyrrole nitrogens is 1. The minimum Gasteiger partial charge on any atom is -0.475 e. The van der Waals surface area contributed by atoms with Crippen LogP contribution in [0.2, 0.25) is 0 Å². The zero-order valence-corrected chi connectivity index (χ0v) is 11.5. The third-order valence-corrected chi connectivity index (χ3v) is 3.80. The third-order valence-electron chi connectivity index (χ3n) is 3.80. The summed E-state index contributed by atoms with van der Waals surface area (Å²) in [5.74, 6) is 0.733. The van der Waals surface area contributed by atoms with Crippen LogP contribution in [0, 0.1) is 6.07 Å². The fourth-order valence-corrected chi connectivity index (χ4v) is 2.76. The number of hydrogen-bond donors (Lipinski definition) is 1. The first-order valence-corrected chi connectivity index (χ1v) is 7.12. The molecule has 0 amide bonds.